The third-order valence-electron chi connectivity index (χ3n) is 5.78. The number of hydrogen-bond donors (Lipinski definition) is 1. The van der Waals surface area contributed by atoms with E-state index in [4.69, 9.17) is 4.74 Å². The fraction of sp³-hybridized carbons (Fsp3) is 0.259. The van der Waals surface area contributed by atoms with Gasteiger partial charge in [-0.05, 0) is 87.7 Å². The average molecular weight is 495 g/mol. The molecule has 184 valence electrons. The molecule has 8 heteroatoms. The quantitative estimate of drug-likeness (QED) is 0.448. The highest BCUT2D eigenvalue weighted by molar-refractivity contribution is 7.92. The number of amides is 1. The van der Waals surface area contributed by atoms with Gasteiger partial charge in [0.1, 0.15) is 6.54 Å². The predicted octanol–water partition coefficient (Wildman–Crippen LogP) is 4.93. The van der Waals surface area contributed by atoms with Crippen LogP contribution in [0.3, 0.4) is 0 Å². The van der Waals surface area contributed by atoms with E-state index >= 15 is 0 Å². The van der Waals surface area contributed by atoms with Crippen molar-refractivity contribution < 1.29 is 22.7 Å². The van der Waals surface area contributed by atoms with Crippen molar-refractivity contribution in [2.75, 3.05) is 22.8 Å². The van der Waals surface area contributed by atoms with Crippen molar-refractivity contribution in [2.24, 2.45) is 0 Å². The lowest BCUT2D eigenvalue weighted by molar-refractivity contribution is -0.114. The number of aryl methyl sites for hydroxylation is 3. The molecule has 1 N–H and O–H groups in total. The van der Waals surface area contributed by atoms with Crippen LogP contribution in [0, 0.1) is 27.7 Å². The molecule has 0 aliphatic heterocycles. The number of carbonyl (C=O) groups excluding carboxylic acids is 2. The average Bonchev–Trinajstić information content (AvgIpc) is 2.81. The monoisotopic (exact) mass is 494 g/mol. The summed E-state index contributed by atoms with van der Waals surface area (Å²) < 4.78 is 33.4. The van der Waals surface area contributed by atoms with Gasteiger partial charge in [0, 0.05) is 5.69 Å². The molecule has 3 aromatic carbocycles. The molecule has 3 aromatic rings. The molecule has 0 atom stereocenters. The van der Waals surface area contributed by atoms with Gasteiger partial charge in [0.15, 0.2) is 0 Å². The van der Waals surface area contributed by atoms with Crippen molar-refractivity contribution in [3.05, 3.63) is 88.5 Å². The molecular formula is C27H30N2O5S. The maximum atomic E-state index is 13.6. The van der Waals surface area contributed by atoms with Crippen LogP contribution >= 0.6 is 0 Å². The number of sulfonamides is 1. The number of rotatable bonds is 8. The summed E-state index contributed by atoms with van der Waals surface area (Å²) in [7, 11) is -4.03. The molecule has 0 aliphatic rings. The van der Waals surface area contributed by atoms with E-state index in [9.17, 15) is 18.0 Å². The molecule has 7 nitrogen and oxygen atoms in total. The lowest BCUT2D eigenvalue weighted by Crippen LogP contribution is -2.38. The Morgan fingerprint density at radius 3 is 2.23 bits per heavy atom. The second-order valence-electron chi connectivity index (χ2n) is 8.34. The van der Waals surface area contributed by atoms with E-state index in [0.717, 1.165) is 21.0 Å². The van der Waals surface area contributed by atoms with E-state index in [2.05, 4.69) is 5.32 Å². The van der Waals surface area contributed by atoms with Crippen molar-refractivity contribution in [3.8, 4) is 0 Å². The second-order valence-corrected chi connectivity index (χ2v) is 10.2. The summed E-state index contributed by atoms with van der Waals surface area (Å²) in [6.07, 6.45) is 0. The molecule has 35 heavy (non-hydrogen) atoms. The largest absolute Gasteiger partial charge is 0.462 e. The van der Waals surface area contributed by atoms with E-state index in [1.54, 1.807) is 56.3 Å². The zero-order chi connectivity index (χ0) is 25.8. The number of nitrogens with one attached hydrogen (secondary N) is 1. The fourth-order valence-electron chi connectivity index (χ4n) is 3.55. The maximum Gasteiger partial charge on any atom is 0.338 e. The van der Waals surface area contributed by atoms with Crippen LogP contribution in [0.1, 0.15) is 39.5 Å². The first-order chi connectivity index (χ1) is 16.5. The molecule has 0 aromatic heterocycles. The lowest BCUT2D eigenvalue weighted by Gasteiger charge is -2.25. The van der Waals surface area contributed by atoms with E-state index in [0.29, 0.717) is 22.5 Å². The third kappa shape index (κ3) is 5.89. The summed E-state index contributed by atoms with van der Waals surface area (Å²) in [5, 5.41) is 2.75. The van der Waals surface area contributed by atoms with Gasteiger partial charge in [0.2, 0.25) is 5.91 Å². The fourth-order valence-corrected chi connectivity index (χ4v) is 4.97. The Labute approximate surface area is 206 Å². The minimum atomic E-state index is -4.03. The number of carbonyl (C=O) groups is 2. The Hall–Kier alpha value is -3.65. The highest BCUT2D eigenvalue weighted by atomic mass is 32.2. The number of ether oxygens (including phenoxy) is 1. The lowest BCUT2D eigenvalue weighted by atomic mass is 10.1. The normalized spacial score (nSPS) is 11.1. The summed E-state index contributed by atoms with van der Waals surface area (Å²) in [5.74, 6) is -1.03. The van der Waals surface area contributed by atoms with Crippen LogP contribution in [0.2, 0.25) is 0 Å². The van der Waals surface area contributed by atoms with Gasteiger partial charge < -0.3 is 10.1 Å². The van der Waals surface area contributed by atoms with Crippen molar-refractivity contribution in [1.82, 2.24) is 0 Å². The number of esters is 1. The van der Waals surface area contributed by atoms with Crippen LogP contribution in [0.4, 0.5) is 11.4 Å². The van der Waals surface area contributed by atoms with Gasteiger partial charge in [-0.2, -0.15) is 0 Å². The summed E-state index contributed by atoms with van der Waals surface area (Å²) in [4.78, 5) is 25.4. The highest BCUT2D eigenvalue weighted by Crippen LogP contribution is 2.27. The molecule has 0 spiro atoms. The number of hydrogen-bond acceptors (Lipinski definition) is 5. The second kappa shape index (κ2) is 10.7. The molecule has 3 rings (SSSR count). The van der Waals surface area contributed by atoms with E-state index in [1.807, 2.05) is 26.8 Å². The van der Waals surface area contributed by atoms with E-state index < -0.39 is 28.4 Å². The van der Waals surface area contributed by atoms with Crippen LogP contribution < -0.4 is 9.62 Å². The van der Waals surface area contributed by atoms with Gasteiger partial charge in [-0.25, -0.2) is 13.2 Å². The SMILES string of the molecule is CCOC(=O)c1cccc(NC(=O)CN(c2ccc(C)c(C)c2)S(=O)(=O)c2ccc(C)cc2)c1C. The van der Waals surface area contributed by atoms with E-state index in [1.165, 1.54) is 12.1 Å². The standard InChI is InChI=1S/C27H30N2O5S/c1-6-34-27(31)24-8-7-9-25(21(24)5)28-26(30)17-29(22-13-12-19(3)20(4)16-22)35(32,33)23-14-10-18(2)11-15-23/h7-16H,6,17H2,1-5H3,(H,28,30). The van der Waals surface area contributed by atoms with Gasteiger partial charge in [0.25, 0.3) is 10.0 Å². The van der Waals surface area contributed by atoms with Crippen molar-refractivity contribution in [3.63, 3.8) is 0 Å². The highest BCUT2D eigenvalue weighted by Gasteiger charge is 2.28. The van der Waals surface area contributed by atoms with Crippen LogP contribution in [0.25, 0.3) is 0 Å². The number of anilines is 2. The van der Waals surface area contributed by atoms with Gasteiger partial charge in [0.05, 0.1) is 22.8 Å². The molecule has 0 unspecified atom stereocenters. The number of nitrogens with zero attached hydrogens (tertiary/aromatic N) is 1. The van der Waals surface area contributed by atoms with Gasteiger partial charge >= 0.3 is 5.97 Å². The molecule has 0 aliphatic carbocycles. The Bertz CT molecular complexity index is 1350. The molecule has 0 radical (unpaired) electrons. The Morgan fingerprint density at radius 2 is 1.60 bits per heavy atom. The van der Waals surface area contributed by atoms with Crippen molar-refractivity contribution in [1.29, 1.82) is 0 Å². The molecule has 0 saturated carbocycles. The Balaban J connectivity index is 1.96. The minimum Gasteiger partial charge on any atom is -0.462 e. The molecule has 1 amide bonds. The topological polar surface area (TPSA) is 92.8 Å². The Kier molecular flexibility index (Phi) is 7.96. The molecule has 0 heterocycles. The van der Waals surface area contributed by atoms with Gasteiger partial charge in [-0.1, -0.05) is 29.8 Å². The maximum absolute atomic E-state index is 13.6. The summed E-state index contributed by atoms with van der Waals surface area (Å²) in [5.41, 5.74) is 4.52. The summed E-state index contributed by atoms with van der Waals surface area (Å²) >= 11 is 0. The predicted molar refractivity (Wildman–Crippen MR) is 137 cm³/mol. The minimum absolute atomic E-state index is 0.0922. The molecule has 0 bridgehead atoms. The smallest absolute Gasteiger partial charge is 0.338 e. The van der Waals surface area contributed by atoms with Gasteiger partial charge in [-0.3, -0.25) is 9.10 Å². The zero-order valence-corrected chi connectivity index (χ0v) is 21.4. The molecular weight excluding hydrogens is 464 g/mol. The first-order valence-electron chi connectivity index (χ1n) is 11.3. The van der Waals surface area contributed by atoms with Crippen molar-refractivity contribution in [2.45, 2.75) is 39.5 Å². The molecule has 0 fully saturated rings. The molecule has 0 saturated heterocycles. The summed E-state index contributed by atoms with van der Waals surface area (Å²) in [6.45, 7) is 8.90. The van der Waals surface area contributed by atoms with Crippen molar-refractivity contribution >= 4 is 33.3 Å². The van der Waals surface area contributed by atoms with Crippen LogP contribution in [-0.4, -0.2) is 33.4 Å². The van der Waals surface area contributed by atoms with E-state index in [-0.39, 0.29) is 11.5 Å². The summed E-state index contributed by atoms with van der Waals surface area (Å²) in [6, 6.07) is 16.7. The Morgan fingerprint density at radius 1 is 0.914 bits per heavy atom. The first kappa shape index (κ1) is 26.0. The van der Waals surface area contributed by atoms with Crippen LogP contribution in [0.15, 0.2) is 65.6 Å². The van der Waals surface area contributed by atoms with Gasteiger partial charge in [-0.15, -0.1) is 0 Å². The van der Waals surface area contributed by atoms with Crippen LogP contribution in [0.5, 0.6) is 0 Å². The third-order valence-corrected chi connectivity index (χ3v) is 7.57. The van der Waals surface area contributed by atoms with Crippen LogP contribution in [-0.2, 0) is 19.6 Å². The first-order valence-corrected chi connectivity index (χ1v) is 12.7. The zero-order valence-electron chi connectivity index (χ0n) is 20.6. The number of benzene rings is 3.